The molecule has 0 amide bonds. The molecule has 2 atom stereocenters. The summed E-state index contributed by atoms with van der Waals surface area (Å²) in [7, 11) is 0. The van der Waals surface area contributed by atoms with E-state index >= 15 is 0 Å². The minimum Gasteiger partial charge on any atom is -0.508 e. The maximum absolute atomic E-state index is 13.6. The number of hydrogen-bond donors (Lipinski definition) is 2. The molecule has 0 saturated carbocycles. The topological polar surface area (TPSA) is 75.6 Å². The zero-order valence-electron chi connectivity index (χ0n) is 19.8. The summed E-state index contributed by atoms with van der Waals surface area (Å²) in [6.07, 6.45) is 0.949. The highest BCUT2D eigenvalue weighted by Gasteiger charge is 2.41. The monoisotopic (exact) mass is 499 g/mol. The highest BCUT2D eigenvalue weighted by molar-refractivity contribution is 6.30. The lowest BCUT2D eigenvalue weighted by molar-refractivity contribution is -0.140. The van der Waals surface area contributed by atoms with E-state index in [1.54, 1.807) is 18.2 Å². The molecule has 1 heterocycles. The summed E-state index contributed by atoms with van der Waals surface area (Å²) >= 11 is 6.06. The second-order valence-corrected chi connectivity index (χ2v) is 9.66. The molecule has 0 aromatic heterocycles. The van der Waals surface area contributed by atoms with Crippen LogP contribution in [0, 0.1) is 0 Å². The smallest absolute Gasteiger partial charge is 0.337 e. The van der Waals surface area contributed by atoms with Crippen molar-refractivity contribution in [3.8, 4) is 5.75 Å². The molecule has 5 rings (SSSR count). The first-order chi connectivity index (χ1) is 17.4. The second kappa shape index (κ2) is 10.0. The average molecular weight is 500 g/mol. The van der Waals surface area contributed by atoms with Gasteiger partial charge >= 0.3 is 5.97 Å². The van der Waals surface area contributed by atoms with E-state index in [0.717, 1.165) is 16.8 Å². The molecule has 3 aromatic carbocycles. The molecule has 2 aliphatic rings. The first-order valence-electron chi connectivity index (χ1n) is 11.9. The number of carbonyl (C=O) groups excluding carboxylic acids is 2. The maximum atomic E-state index is 13.6. The van der Waals surface area contributed by atoms with Gasteiger partial charge in [-0.2, -0.15) is 0 Å². The van der Waals surface area contributed by atoms with E-state index < -0.39 is 11.9 Å². The molecular weight excluding hydrogens is 474 g/mol. The number of allylic oxidation sites excluding steroid dienone is 3. The van der Waals surface area contributed by atoms with Crippen molar-refractivity contribution in [3.05, 3.63) is 123 Å². The van der Waals surface area contributed by atoms with Gasteiger partial charge in [-0.25, -0.2) is 4.79 Å². The number of Topliss-reactive ketones (excluding diaryl/α,β-unsaturated/α-hetero) is 1. The van der Waals surface area contributed by atoms with Gasteiger partial charge in [0, 0.05) is 34.3 Å². The highest BCUT2D eigenvalue weighted by Crippen LogP contribution is 2.46. The number of rotatable bonds is 5. The fourth-order valence-electron chi connectivity index (χ4n) is 5.12. The molecule has 0 saturated heterocycles. The number of carbonyl (C=O) groups is 2. The van der Waals surface area contributed by atoms with Crippen molar-refractivity contribution in [2.75, 3.05) is 0 Å². The number of dihydropyridines is 1. The molecule has 0 unspecified atom stereocenters. The number of halogens is 1. The van der Waals surface area contributed by atoms with Crippen molar-refractivity contribution in [1.29, 1.82) is 0 Å². The van der Waals surface area contributed by atoms with Crippen LogP contribution in [0.5, 0.6) is 5.75 Å². The third kappa shape index (κ3) is 4.79. The minimum absolute atomic E-state index is 0.00484. The zero-order valence-corrected chi connectivity index (χ0v) is 20.6. The number of hydrogen-bond acceptors (Lipinski definition) is 5. The van der Waals surface area contributed by atoms with Gasteiger partial charge < -0.3 is 15.2 Å². The van der Waals surface area contributed by atoms with E-state index in [9.17, 15) is 14.7 Å². The zero-order chi connectivity index (χ0) is 25.2. The van der Waals surface area contributed by atoms with Gasteiger partial charge in [0.1, 0.15) is 12.4 Å². The summed E-state index contributed by atoms with van der Waals surface area (Å²) in [4.78, 5) is 27.1. The van der Waals surface area contributed by atoms with Crippen LogP contribution in [-0.2, 0) is 20.9 Å². The number of phenols is 1. The quantitative estimate of drug-likeness (QED) is 0.412. The molecule has 3 aromatic rings. The van der Waals surface area contributed by atoms with Crippen LogP contribution in [0.4, 0.5) is 0 Å². The molecule has 0 spiro atoms. The fourth-order valence-corrected chi connectivity index (χ4v) is 5.24. The fraction of sp³-hybridized carbons (Fsp3) is 0.200. The summed E-state index contributed by atoms with van der Waals surface area (Å²) in [6, 6.07) is 23.8. The van der Waals surface area contributed by atoms with Gasteiger partial charge in [-0.05, 0) is 60.2 Å². The van der Waals surface area contributed by atoms with Crippen molar-refractivity contribution in [2.45, 2.75) is 38.2 Å². The van der Waals surface area contributed by atoms with Gasteiger partial charge in [0.05, 0.1) is 5.57 Å². The molecule has 0 fully saturated rings. The molecule has 1 aliphatic heterocycles. The number of ketones is 1. The SMILES string of the molecule is CC1=C(C(=O)OCc2ccccc2)[C@H](c2cccc(O)c2)C2=C(C[C@@H](c3ccc(Cl)cc3)CC2=O)N1. The van der Waals surface area contributed by atoms with Crippen LogP contribution >= 0.6 is 11.6 Å². The molecule has 6 heteroatoms. The van der Waals surface area contributed by atoms with Crippen LogP contribution < -0.4 is 5.32 Å². The lowest BCUT2D eigenvalue weighted by Crippen LogP contribution is -2.36. The molecule has 182 valence electrons. The van der Waals surface area contributed by atoms with E-state index in [1.807, 2.05) is 67.6 Å². The number of esters is 1. The summed E-state index contributed by atoms with van der Waals surface area (Å²) in [5, 5.41) is 14.2. The van der Waals surface area contributed by atoms with Crippen molar-refractivity contribution in [3.63, 3.8) is 0 Å². The van der Waals surface area contributed by atoms with Gasteiger partial charge in [0.25, 0.3) is 0 Å². The third-order valence-corrected chi connectivity index (χ3v) is 7.06. The summed E-state index contributed by atoms with van der Waals surface area (Å²) in [5.41, 5.74) is 4.98. The van der Waals surface area contributed by atoms with Crippen molar-refractivity contribution in [2.24, 2.45) is 0 Å². The first-order valence-corrected chi connectivity index (χ1v) is 12.3. The van der Waals surface area contributed by atoms with Gasteiger partial charge in [0.2, 0.25) is 0 Å². The van der Waals surface area contributed by atoms with E-state index in [-0.39, 0.29) is 24.1 Å². The molecule has 0 radical (unpaired) electrons. The second-order valence-electron chi connectivity index (χ2n) is 9.23. The van der Waals surface area contributed by atoms with E-state index in [2.05, 4.69) is 5.32 Å². The van der Waals surface area contributed by atoms with Crippen LogP contribution in [0.15, 0.2) is 101 Å². The largest absolute Gasteiger partial charge is 0.508 e. The van der Waals surface area contributed by atoms with Crippen LogP contribution in [0.3, 0.4) is 0 Å². The first kappa shape index (κ1) is 23.9. The minimum atomic E-state index is -0.629. The van der Waals surface area contributed by atoms with E-state index in [0.29, 0.717) is 40.3 Å². The highest BCUT2D eigenvalue weighted by atomic mass is 35.5. The van der Waals surface area contributed by atoms with E-state index in [4.69, 9.17) is 16.3 Å². The lowest BCUT2D eigenvalue weighted by atomic mass is 9.71. The summed E-state index contributed by atoms with van der Waals surface area (Å²) in [6.45, 7) is 1.96. The Bertz CT molecular complexity index is 1380. The standard InChI is InChI=1S/C30H26ClNO4/c1-18-27(30(35)36-17-19-6-3-2-4-7-19)28(21-8-5-9-24(33)14-21)29-25(32-18)15-22(16-26(29)34)20-10-12-23(31)13-11-20/h2-14,22,28,32-33H,15-17H2,1H3/t22-,28+/m1/s1. The molecule has 1 aliphatic carbocycles. The molecule has 0 bridgehead atoms. The van der Waals surface area contributed by atoms with Crippen molar-refractivity contribution >= 4 is 23.4 Å². The van der Waals surface area contributed by atoms with Gasteiger partial charge in [-0.1, -0.05) is 66.2 Å². The number of aromatic hydroxyl groups is 1. The lowest BCUT2D eigenvalue weighted by Gasteiger charge is -2.36. The van der Waals surface area contributed by atoms with Crippen LogP contribution in [0.2, 0.25) is 5.02 Å². The number of benzene rings is 3. The van der Waals surface area contributed by atoms with Crippen molar-refractivity contribution in [1.82, 2.24) is 5.32 Å². The number of phenolic OH excluding ortho intramolecular Hbond substituents is 1. The molecule has 36 heavy (non-hydrogen) atoms. The molecular formula is C30H26ClNO4. The predicted molar refractivity (Wildman–Crippen MR) is 138 cm³/mol. The van der Waals surface area contributed by atoms with Crippen molar-refractivity contribution < 1.29 is 19.4 Å². The molecule has 2 N–H and O–H groups in total. The van der Waals surface area contributed by atoms with Crippen LogP contribution in [0.25, 0.3) is 0 Å². The Labute approximate surface area is 215 Å². The van der Waals surface area contributed by atoms with Crippen LogP contribution in [0.1, 0.15) is 48.3 Å². The van der Waals surface area contributed by atoms with Gasteiger partial charge in [-0.3, -0.25) is 4.79 Å². The Balaban J connectivity index is 1.51. The summed E-state index contributed by atoms with van der Waals surface area (Å²) < 4.78 is 5.69. The number of ether oxygens (including phenoxy) is 1. The molecule has 5 nitrogen and oxygen atoms in total. The van der Waals surface area contributed by atoms with Gasteiger partial charge in [-0.15, -0.1) is 0 Å². The summed E-state index contributed by atoms with van der Waals surface area (Å²) in [5.74, 6) is -1.07. The Morgan fingerprint density at radius 1 is 1.00 bits per heavy atom. The normalized spacial score (nSPS) is 19.6. The predicted octanol–water partition coefficient (Wildman–Crippen LogP) is 6.15. The van der Waals surface area contributed by atoms with Crippen LogP contribution in [-0.4, -0.2) is 16.9 Å². The average Bonchev–Trinajstić information content (AvgIpc) is 2.87. The van der Waals surface area contributed by atoms with Gasteiger partial charge in [0.15, 0.2) is 5.78 Å². The Morgan fingerprint density at radius 2 is 1.75 bits per heavy atom. The Kier molecular flexibility index (Phi) is 6.66. The Hall–Kier alpha value is -3.83. The van der Waals surface area contributed by atoms with E-state index in [1.165, 1.54) is 0 Å². The third-order valence-electron chi connectivity index (χ3n) is 6.81. The number of nitrogens with one attached hydrogen (secondary N) is 1. The Morgan fingerprint density at radius 3 is 2.47 bits per heavy atom. The maximum Gasteiger partial charge on any atom is 0.337 e.